The van der Waals surface area contributed by atoms with Crippen molar-refractivity contribution in [1.82, 2.24) is 19.5 Å². The van der Waals surface area contributed by atoms with Crippen molar-refractivity contribution in [1.29, 1.82) is 0 Å². The Balaban J connectivity index is 1.66. The van der Waals surface area contributed by atoms with E-state index in [4.69, 9.17) is 5.73 Å². The number of nitrogens with one attached hydrogen (secondary N) is 1. The topological polar surface area (TPSA) is 107 Å². The van der Waals surface area contributed by atoms with Crippen LogP contribution in [-0.4, -0.2) is 31.2 Å². The van der Waals surface area contributed by atoms with Gasteiger partial charge in [-0.05, 0) is 24.6 Å². The summed E-state index contributed by atoms with van der Waals surface area (Å²) in [4.78, 5) is 35.5. The van der Waals surface area contributed by atoms with E-state index in [1.54, 1.807) is 35.2 Å². The van der Waals surface area contributed by atoms with Crippen LogP contribution in [0.25, 0.3) is 28.2 Å². The summed E-state index contributed by atoms with van der Waals surface area (Å²) in [7, 11) is 1.81. The number of carbonyl (C=O) groups is 2. The number of primary amides is 1. The van der Waals surface area contributed by atoms with E-state index in [9.17, 15) is 9.59 Å². The Morgan fingerprint density at radius 2 is 1.93 bits per heavy atom. The number of benzene rings is 1. The molecule has 3 heterocycles. The standard InChI is InChI=1S/C22H19N5O2/c1-13-12-27(2)22(26-13)20(29)15-5-3-14(4-6-15)17-9-18-16(7-8-19(23)28)10-24-21(18)25-11-17/h3-12H,1-2H3,(H2,23,28)(H,24,25). The highest BCUT2D eigenvalue weighted by atomic mass is 16.1. The predicted molar refractivity (Wildman–Crippen MR) is 111 cm³/mol. The normalized spacial score (nSPS) is 11.4. The summed E-state index contributed by atoms with van der Waals surface area (Å²) >= 11 is 0. The molecular weight excluding hydrogens is 366 g/mol. The summed E-state index contributed by atoms with van der Waals surface area (Å²) in [6.07, 6.45) is 8.33. The maximum Gasteiger partial charge on any atom is 0.241 e. The molecule has 29 heavy (non-hydrogen) atoms. The van der Waals surface area contributed by atoms with Gasteiger partial charge >= 0.3 is 0 Å². The van der Waals surface area contributed by atoms with Crippen molar-refractivity contribution in [3.05, 3.63) is 77.6 Å². The van der Waals surface area contributed by atoms with E-state index in [1.165, 1.54) is 6.08 Å². The van der Waals surface area contributed by atoms with Crippen LogP contribution < -0.4 is 5.73 Å². The van der Waals surface area contributed by atoms with Crippen molar-refractivity contribution in [3.8, 4) is 11.1 Å². The number of ketones is 1. The van der Waals surface area contributed by atoms with Crippen LogP contribution in [0.5, 0.6) is 0 Å². The SMILES string of the molecule is Cc1cn(C)c(C(=O)c2ccc(-c3cnc4[nH]cc(C=CC(N)=O)c4c3)cc2)n1. The minimum absolute atomic E-state index is 0.120. The van der Waals surface area contributed by atoms with Gasteiger partial charge in [0, 0.05) is 53.8 Å². The zero-order chi connectivity index (χ0) is 20.5. The van der Waals surface area contributed by atoms with Crippen molar-refractivity contribution in [2.24, 2.45) is 12.8 Å². The molecule has 4 rings (SSSR count). The van der Waals surface area contributed by atoms with Gasteiger partial charge in [0.1, 0.15) is 5.65 Å². The Labute approximate surface area is 166 Å². The lowest BCUT2D eigenvalue weighted by Gasteiger charge is -2.05. The second kappa shape index (κ2) is 7.20. The molecule has 0 saturated heterocycles. The molecule has 4 aromatic rings. The zero-order valence-corrected chi connectivity index (χ0v) is 16.0. The first-order valence-electron chi connectivity index (χ1n) is 9.02. The fourth-order valence-electron chi connectivity index (χ4n) is 3.26. The lowest BCUT2D eigenvalue weighted by atomic mass is 10.0. The lowest BCUT2D eigenvalue weighted by Crippen LogP contribution is -2.08. The molecular formula is C22H19N5O2. The Hall–Kier alpha value is -4.00. The van der Waals surface area contributed by atoms with Crippen LogP contribution in [0.2, 0.25) is 0 Å². The number of hydrogen-bond acceptors (Lipinski definition) is 4. The van der Waals surface area contributed by atoms with Crippen LogP contribution in [0.15, 0.2) is 55.0 Å². The second-order valence-electron chi connectivity index (χ2n) is 6.82. The molecule has 3 N–H and O–H groups in total. The average Bonchev–Trinajstić information content (AvgIpc) is 3.27. The van der Waals surface area contributed by atoms with Crippen molar-refractivity contribution in [3.63, 3.8) is 0 Å². The van der Waals surface area contributed by atoms with E-state index < -0.39 is 5.91 Å². The number of imidazole rings is 1. The van der Waals surface area contributed by atoms with E-state index in [1.807, 2.05) is 38.4 Å². The minimum atomic E-state index is -0.508. The molecule has 0 bridgehead atoms. The molecule has 0 aliphatic carbocycles. The third-order valence-corrected chi connectivity index (χ3v) is 4.67. The van der Waals surface area contributed by atoms with Gasteiger partial charge in [-0.25, -0.2) is 9.97 Å². The predicted octanol–water partition coefficient (Wildman–Crippen LogP) is 3.00. The Morgan fingerprint density at radius 3 is 2.59 bits per heavy atom. The molecule has 0 saturated carbocycles. The lowest BCUT2D eigenvalue weighted by molar-refractivity contribution is -0.113. The van der Waals surface area contributed by atoms with Crippen LogP contribution >= 0.6 is 0 Å². The quantitative estimate of drug-likeness (QED) is 0.407. The molecule has 0 aliphatic heterocycles. The number of pyridine rings is 1. The minimum Gasteiger partial charge on any atom is -0.366 e. The molecule has 0 spiro atoms. The van der Waals surface area contributed by atoms with Gasteiger partial charge in [-0.2, -0.15) is 0 Å². The fraction of sp³-hybridized carbons (Fsp3) is 0.0909. The van der Waals surface area contributed by atoms with Crippen molar-refractivity contribution in [2.75, 3.05) is 0 Å². The number of rotatable bonds is 5. The molecule has 0 radical (unpaired) electrons. The number of H-pyrrole nitrogens is 1. The zero-order valence-electron chi connectivity index (χ0n) is 16.0. The van der Waals surface area contributed by atoms with E-state index >= 15 is 0 Å². The van der Waals surface area contributed by atoms with E-state index in [0.717, 1.165) is 33.4 Å². The molecule has 3 aromatic heterocycles. The molecule has 0 atom stereocenters. The number of aromatic nitrogens is 4. The summed E-state index contributed by atoms with van der Waals surface area (Å²) in [6.45, 7) is 1.86. The molecule has 7 heteroatoms. The fourth-order valence-corrected chi connectivity index (χ4v) is 3.26. The molecule has 0 fully saturated rings. The van der Waals surface area contributed by atoms with Crippen molar-refractivity contribution < 1.29 is 9.59 Å². The Kier molecular flexibility index (Phi) is 4.56. The molecule has 144 valence electrons. The van der Waals surface area contributed by atoms with Crippen LogP contribution in [0.1, 0.15) is 27.4 Å². The molecule has 1 aromatic carbocycles. The number of aryl methyl sites for hydroxylation is 2. The van der Waals surface area contributed by atoms with Gasteiger partial charge in [0.15, 0.2) is 5.82 Å². The number of fused-ring (bicyclic) bond motifs is 1. The number of amides is 1. The molecule has 0 unspecified atom stereocenters. The largest absolute Gasteiger partial charge is 0.366 e. The van der Waals surface area contributed by atoms with Gasteiger partial charge in [0.25, 0.3) is 0 Å². The van der Waals surface area contributed by atoms with Gasteiger partial charge < -0.3 is 15.3 Å². The number of nitrogens with zero attached hydrogens (tertiary/aromatic N) is 3. The molecule has 0 aliphatic rings. The highest BCUT2D eigenvalue weighted by Crippen LogP contribution is 2.26. The highest BCUT2D eigenvalue weighted by molar-refractivity contribution is 6.07. The third-order valence-electron chi connectivity index (χ3n) is 4.67. The summed E-state index contributed by atoms with van der Waals surface area (Å²) in [5.74, 6) is -0.214. The van der Waals surface area contributed by atoms with E-state index in [0.29, 0.717) is 11.4 Å². The third kappa shape index (κ3) is 3.58. The monoisotopic (exact) mass is 385 g/mol. The van der Waals surface area contributed by atoms with Gasteiger partial charge in [0.05, 0.1) is 5.69 Å². The van der Waals surface area contributed by atoms with Crippen molar-refractivity contribution >= 4 is 28.8 Å². The Morgan fingerprint density at radius 1 is 1.17 bits per heavy atom. The first-order chi connectivity index (χ1) is 13.9. The van der Waals surface area contributed by atoms with Crippen LogP contribution in [0.3, 0.4) is 0 Å². The first-order valence-corrected chi connectivity index (χ1v) is 9.02. The summed E-state index contributed by atoms with van der Waals surface area (Å²) in [5.41, 5.74) is 9.93. The maximum atomic E-state index is 12.7. The number of aromatic amines is 1. The summed E-state index contributed by atoms with van der Waals surface area (Å²) < 4.78 is 1.73. The molecule has 7 nitrogen and oxygen atoms in total. The van der Waals surface area contributed by atoms with Gasteiger partial charge in [-0.1, -0.05) is 24.3 Å². The van der Waals surface area contributed by atoms with E-state index in [2.05, 4.69) is 15.0 Å². The van der Waals surface area contributed by atoms with Crippen molar-refractivity contribution in [2.45, 2.75) is 6.92 Å². The van der Waals surface area contributed by atoms with Crippen LogP contribution in [0.4, 0.5) is 0 Å². The average molecular weight is 385 g/mol. The second-order valence-corrected chi connectivity index (χ2v) is 6.82. The Bertz CT molecular complexity index is 1260. The number of hydrogen-bond donors (Lipinski definition) is 2. The summed E-state index contributed by atoms with van der Waals surface area (Å²) in [5, 5.41) is 0.878. The number of carbonyl (C=O) groups excluding carboxylic acids is 2. The number of nitrogens with two attached hydrogens (primary N) is 1. The molecule has 1 amide bonds. The van der Waals surface area contributed by atoms with Gasteiger partial charge in [-0.15, -0.1) is 0 Å². The maximum absolute atomic E-state index is 12.7. The van der Waals surface area contributed by atoms with Gasteiger partial charge in [0.2, 0.25) is 11.7 Å². The first kappa shape index (κ1) is 18.4. The van der Waals surface area contributed by atoms with Gasteiger partial charge in [-0.3, -0.25) is 9.59 Å². The summed E-state index contributed by atoms with van der Waals surface area (Å²) in [6, 6.07) is 9.33. The smallest absolute Gasteiger partial charge is 0.241 e. The van der Waals surface area contributed by atoms with Crippen LogP contribution in [-0.2, 0) is 11.8 Å². The van der Waals surface area contributed by atoms with Crippen LogP contribution in [0, 0.1) is 6.92 Å². The highest BCUT2D eigenvalue weighted by Gasteiger charge is 2.15. The van der Waals surface area contributed by atoms with E-state index in [-0.39, 0.29) is 5.78 Å².